The normalized spacial score (nSPS) is 11.6. The van der Waals surface area contributed by atoms with Gasteiger partial charge in [0.2, 0.25) is 0 Å². The van der Waals surface area contributed by atoms with E-state index in [4.69, 9.17) is 0 Å². The van der Waals surface area contributed by atoms with Crippen LogP contribution in [-0.2, 0) is 0 Å². The second kappa shape index (κ2) is 4.89. The summed E-state index contributed by atoms with van der Waals surface area (Å²) < 4.78 is 2.02. The number of rotatable bonds is 2. The lowest BCUT2D eigenvalue weighted by Crippen LogP contribution is -1.89. The number of hydrogen-bond donors (Lipinski definition) is 0. The zero-order valence-electron chi connectivity index (χ0n) is 11.8. The third kappa shape index (κ3) is 2.09. The molecule has 0 saturated carbocycles. The predicted molar refractivity (Wildman–Crippen MR) is 80.0 cm³/mol. The van der Waals surface area contributed by atoms with Gasteiger partial charge in [0.05, 0.1) is 11.4 Å². The Hall–Kier alpha value is -2.49. The molecule has 3 rings (SSSR count). The Morgan fingerprint density at radius 3 is 2.50 bits per heavy atom. The molecular formula is C16H16N4. The number of fused-ring (bicyclic) bond motifs is 1. The van der Waals surface area contributed by atoms with Crippen molar-refractivity contribution in [1.82, 2.24) is 9.38 Å². The van der Waals surface area contributed by atoms with Gasteiger partial charge in [-0.2, -0.15) is 0 Å². The largest absolute Gasteiger partial charge is 0.280 e. The number of hydrogen-bond acceptors (Lipinski definition) is 3. The lowest BCUT2D eigenvalue weighted by molar-refractivity contribution is 1.04. The molecule has 0 radical (unpaired) electrons. The topological polar surface area (TPSA) is 42.0 Å². The van der Waals surface area contributed by atoms with Gasteiger partial charge >= 0.3 is 0 Å². The molecule has 2 aromatic heterocycles. The van der Waals surface area contributed by atoms with Crippen LogP contribution < -0.4 is 0 Å². The summed E-state index contributed by atoms with van der Waals surface area (Å²) >= 11 is 0. The lowest BCUT2D eigenvalue weighted by atomic mass is 10.2. The lowest BCUT2D eigenvalue weighted by Gasteiger charge is -2.01. The Kier molecular flexibility index (Phi) is 3.06. The summed E-state index contributed by atoms with van der Waals surface area (Å²) in [6.07, 6.45) is 0. The fourth-order valence-corrected chi connectivity index (χ4v) is 2.24. The average Bonchev–Trinajstić information content (AvgIpc) is 2.75. The van der Waals surface area contributed by atoms with Crippen molar-refractivity contribution in [1.29, 1.82) is 0 Å². The van der Waals surface area contributed by atoms with Crippen LogP contribution in [0.25, 0.3) is 5.65 Å². The van der Waals surface area contributed by atoms with Gasteiger partial charge in [-0.1, -0.05) is 24.3 Å². The van der Waals surface area contributed by atoms with Crippen molar-refractivity contribution in [3.63, 3.8) is 0 Å². The van der Waals surface area contributed by atoms with Crippen molar-refractivity contribution in [2.75, 3.05) is 0 Å². The van der Waals surface area contributed by atoms with E-state index in [0.29, 0.717) is 0 Å². The quantitative estimate of drug-likeness (QED) is 0.620. The maximum absolute atomic E-state index is 4.52. The molecule has 0 aliphatic heterocycles. The van der Waals surface area contributed by atoms with E-state index < -0.39 is 0 Å². The van der Waals surface area contributed by atoms with Gasteiger partial charge < -0.3 is 0 Å². The van der Waals surface area contributed by atoms with Crippen molar-refractivity contribution in [3.8, 4) is 0 Å². The van der Waals surface area contributed by atoms with Crippen molar-refractivity contribution in [3.05, 3.63) is 59.4 Å². The fraction of sp³-hybridized carbons (Fsp3) is 0.188. The highest BCUT2D eigenvalue weighted by Crippen LogP contribution is 2.26. The van der Waals surface area contributed by atoms with Gasteiger partial charge in [0, 0.05) is 5.69 Å². The molecule has 0 fully saturated rings. The van der Waals surface area contributed by atoms with Crippen LogP contribution in [0.1, 0.15) is 17.0 Å². The fourth-order valence-electron chi connectivity index (χ4n) is 2.24. The minimum absolute atomic E-state index is 0.793. The molecule has 20 heavy (non-hydrogen) atoms. The molecular weight excluding hydrogens is 248 g/mol. The van der Waals surface area contributed by atoms with Crippen LogP contribution in [0.3, 0.4) is 0 Å². The summed E-state index contributed by atoms with van der Waals surface area (Å²) in [5.41, 5.74) is 4.88. The molecule has 0 saturated heterocycles. The van der Waals surface area contributed by atoms with Crippen LogP contribution in [0.5, 0.6) is 0 Å². The zero-order chi connectivity index (χ0) is 14.1. The molecule has 0 aliphatic carbocycles. The van der Waals surface area contributed by atoms with E-state index in [2.05, 4.69) is 15.2 Å². The van der Waals surface area contributed by atoms with E-state index >= 15 is 0 Å². The summed E-state index contributed by atoms with van der Waals surface area (Å²) in [5, 5.41) is 8.78. The van der Waals surface area contributed by atoms with E-state index in [1.807, 2.05) is 67.6 Å². The number of pyridine rings is 1. The van der Waals surface area contributed by atoms with E-state index in [9.17, 15) is 0 Å². The Bertz CT molecular complexity index is 799. The van der Waals surface area contributed by atoms with Gasteiger partial charge in [-0.25, -0.2) is 4.98 Å². The molecule has 0 unspecified atom stereocenters. The standard InChI is InChI=1S/C16H16N4/c1-11-7-4-5-9-14(11)18-19-16-13(3)17-15-10-6-8-12(2)20(15)16/h4-10H,1-3H3. The third-order valence-electron chi connectivity index (χ3n) is 3.35. The molecule has 2 heterocycles. The number of benzene rings is 1. The monoisotopic (exact) mass is 264 g/mol. The van der Waals surface area contributed by atoms with Gasteiger partial charge in [-0.05, 0) is 44.5 Å². The van der Waals surface area contributed by atoms with Crippen LogP contribution in [-0.4, -0.2) is 9.38 Å². The molecule has 100 valence electrons. The number of imidazole rings is 1. The van der Waals surface area contributed by atoms with Crippen LogP contribution >= 0.6 is 0 Å². The summed E-state index contributed by atoms with van der Waals surface area (Å²) in [6, 6.07) is 14.0. The molecule has 3 aromatic rings. The maximum Gasteiger partial charge on any atom is 0.182 e. The molecule has 1 aromatic carbocycles. The highest BCUT2D eigenvalue weighted by molar-refractivity contribution is 5.53. The average molecular weight is 264 g/mol. The van der Waals surface area contributed by atoms with Crippen LogP contribution in [0.4, 0.5) is 11.5 Å². The first kappa shape index (κ1) is 12.5. The minimum Gasteiger partial charge on any atom is -0.280 e. The highest BCUT2D eigenvalue weighted by atomic mass is 15.2. The van der Waals surface area contributed by atoms with Crippen LogP contribution in [0.2, 0.25) is 0 Å². The number of aryl methyl sites for hydroxylation is 3. The Balaban J connectivity index is 2.12. The van der Waals surface area contributed by atoms with Crippen LogP contribution in [0, 0.1) is 20.8 Å². The Labute approximate surface area is 117 Å². The Morgan fingerprint density at radius 2 is 1.70 bits per heavy atom. The van der Waals surface area contributed by atoms with Crippen molar-refractivity contribution >= 4 is 17.2 Å². The van der Waals surface area contributed by atoms with Crippen molar-refractivity contribution in [2.24, 2.45) is 10.2 Å². The molecule has 0 aliphatic rings. The van der Waals surface area contributed by atoms with Gasteiger partial charge in [0.15, 0.2) is 5.82 Å². The van der Waals surface area contributed by atoms with Gasteiger partial charge in [-0.3, -0.25) is 4.40 Å². The first-order valence-corrected chi connectivity index (χ1v) is 6.59. The second-order valence-corrected chi connectivity index (χ2v) is 4.87. The SMILES string of the molecule is Cc1ccccc1N=Nc1c(C)nc2cccc(C)n12. The summed E-state index contributed by atoms with van der Waals surface area (Å²) in [6.45, 7) is 6.03. The van der Waals surface area contributed by atoms with Crippen molar-refractivity contribution in [2.45, 2.75) is 20.8 Å². The second-order valence-electron chi connectivity index (χ2n) is 4.87. The highest BCUT2D eigenvalue weighted by Gasteiger charge is 2.09. The summed E-state index contributed by atoms with van der Waals surface area (Å²) in [5.74, 6) is 0.793. The molecule has 0 bridgehead atoms. The molecule has 0 amide bonds. The Morgan fingerprint density at radius 1 is 0.900 bits per heavy atom. The maximum atomic E-state index is 4.52. The first-order chi connectivity index (χ1) is 9.66. The van der Waals surface area contributed by atoms with E-state index in [0.717, 1.165) is 34.1 Å². The van der Waals surface area contributed by atoms with E-state index in [1.54, 1.807) is 0 Å². The third-order valence-corrected chi connectivity index (χ3v) is 3.35. The molecule has 4 heteroatoms. The number of azo groups is 1. The summed E-state index contributed by atoms with van der Waals surface area (Å²) in [4.78, 5) is 4.52. The molecule has 0 atom stereocenters. The number of nitrogens with zero attached hydrogens (tertiary/aromatic N) is 4. The van der Waals surface area contributed by atoms with Gasteiger partial charge in [0.25, 0.3) is 0 Å². The summed E-state index contributed by atoms with van der Waals surface area (Å²) in [7, 11) is 0. The minimum atomic E-state index is 0.793. The van der Waals surface area contributed by atoms with E-state index in [1.165, 1.54) is 0 Å². The van der Waals surface area contributed by atoms with Gasteiger partial charge in [0.1, 0.15) is 5.65 Å². The van der Waals surface area contributed by atoms with Crippen LogP contribution in [0.15, 0.2) is 52.7 Å². The van der Waals surface area contributed by atoms with Gasteiger partial charge in [-0.15, -0.1) is 10.2 Å². The molecule has 4 nitrogen and oxygen atoms in total. The molecule has 0 N–H and O–H groups in total. The molecule has 0 spiro atoms. The van der Waals surface area contributed by atoms with E-state index in [-0.39, 0.29) is 0 Å². The smallest absolute Gasteiger partial charge is 0.182 e. The number of aromatic nitrogens is 2. The predicted octanol–water partition coefficient (Wildman–Crippen LogP) is 4.67. The zero-order valence-corrected chi connectivity index (χ0v) is 11.8. The first-order valence-electron chi connectivity index (χ1n) is 6.59. The van der Waals surface area contributed by atoms with Crippen molar-refractivity contribution < 1.29 is 0 Å².